The predicted molar refractivity (Wildman–Crippen MR) is 125 cm³/mol. The van der Waals surface area contributed by atoms with E-state index < -0.39 is 22.0 Å². The maximum atomic E-state index is 13.4. The number of sulfonamides is 1. The van der Waals surface area contributed by atoms with E-state index in [1.54, 1.807) is 19.1 Å². The standard InChI is InChI=1S/C23H30N4O6S/c1-24-16-19(15-21(24)23(29)33-3)34(30,31)27-9-5-8-20(27)22(28)26-12-10-25(11-13-26)17-6-4-7-18(14-17)32-2/h4,6-7,14-16,20H,5,8-13H2,1-3H3/t20-/m0/s1. The zero-order valence-electron chi connectivity index (χ0n) is 19.6. The number of rotatable bonds is 6. The molecule has 10 nitrogen and oxygen atoms in total. The molecule has 0 N–H and O–H groups in total. The first-order valence-electron chi connectivity index (χ1n) is 11.2. The number of hydrogen-bond acceptors (Lipinski definition) is 7. The van der Waals surface area contributed by atoms with Gasteiger partial charge in [0.25, 0.3) is 0 Å². The van der Waals surface area contributed by atoms with Crippen molar-refractivity contribution >= 4 is 27.6 Å². The van der Waals surface area contributed by atoms with Gasteiger partial charge in [0, 0.05) is 57.7 Å². The van der Waals surface area contributed by atoms with Gasteiger partial charge in [-0.1, -0.05) is 6.07 Å². The van der Waals surface area contributed by atoms with Gasteiger partial charge < -0.3 is 23.8 Å². The van der Waals surface area contributed by atoms with Crippen molar-refractivity contribution in [3.05, 3.63) is 42.2 Å². The molecule has 0 aliphatic carbocycles. The van der Waals surface area contributed by atoms with Gasteiger partial charge in [-0.2, -0.15) is 4.31 Å². The summed E-state index contributed by atoms with van der Waals surface area (Å²) in [5.74, 6) is -0.0125. The monoisotopic (exact) mass is 490 g/mol. The van der Waals surface area contributed by atoms with Crippen LogP contribution < -0.4 is 9.64 Å². The van der Waals surface area contributed by atoms with E-state index in [0.717, 1.165) is 11.4 Å². The van der Waals surface area contributed by atoms with Crippen molar-refractivity contribution in [2.75, 3.05) is 51.8 Å². The molecular weight excluding hydrogens is 460 g/mol. The fraction of sp³-hybridized carbons (Fsp3) is 0.478. The molecule has 3 heterocycles. The number of carbonyl (C=O) groups is 2. The van der Waals surface area contributed by atoms with Crippen molar-refractivity contribution in [3.8, 4) is 5.75 Å². The normalized spacial score (nSPS) is 19.3. The second kappa shape index (κ2) is 9.67. The highest BCUT2D eigenvalue weighted by Gasteiger charge is 2.42. The average molecular weight is 491 g/mol. The number of esters is 1. The van der Waals surface area contributed by atoms with Gasteiger partial charge in [0.2, 0.25) is 15.9 Å². The lowest BCUT2D eigenvalue weighted by molar-refractivity contribution is -0.134. The number of nitrogens with zero attached hydrogens (tertiary/aromatic N) is 4. The Hall–Kier alpha value is -3.05. The number of aromatic nitrogens is 1. The molecule has 2 aliphatic heterocycles. The lowest BCUT2D eigenvalue weighted by Gasteiger charge is -2.38. The second-order valence-electron chi connectivity index (χ2n) is 8.45. The zero-order chi connectivity index (χ0) is 24.5. The fourth-order valence-corrected chi connectivity index (χ4v) is 6.32. The van der Waals surface area contributed by atoms with Gasteiger partial charge >= 0.3 is 5.97 Å². The van der Waals surface area contributed by atoms with Crippen LogP contribution in [0.4, 0.5) is 5.69 Å². The maximum absolute atomic E-state index is 13.4. The van der Waals surface area contributed by atoms with E-state index in [1.165, 1.54) is 28.2 Å². The van der Waals surface area contributed by atoms with Crippen LogP contribution in [-0.4, -0.2) is 87.1 Å². The number of ether oxygens (including phenoxy) is 2. The van der Waals surface area contributed by atoms with Crippen molar-refractivity contribution in [2.24, 2.45) is 7.05 Å². The van der Waals surface area contributed by atoms with E-state index in [1.807, 2.05) is 24.3 Å². The fourth-order valence-electron chi connectivity index (χ4n) is 4.60. The molecule has 34 heavy (non-hydrogen) atoms. The van der Waals surface area contributed by atoms with Crippen molar-refractivity contribution in [3.63, 3.8) is 0 Å². The van der Waals surface area contributed by atoms with E-state index in [4.69, 9.17) is 9.47 Å². The predicted octanol–water partition coefficient (Wildman–Crippen LogP) is 1.32. The largest absolute Gasteiger partial charge is 0.497 e. The minimum atomic E-state index is -3.94. The van der Waals surface area contributed by atoms with Crippen LogP contribution in [0, 0.1) is 0 Å². The molecule has 184 valence electrons. The molecule has 1 amide bonds. The summed E-state index contributed by atoms with van der Waals surface area (Å²) in [6.07, 6.45) is 2.47. The Labute approximate surface area is 199 Å². The van der Waals surface area contributed by atoms with Crippen LogP contribution in [-0.2, 0) is 26.6 Å². The summed E-state index contributed by atoms with van der Waals surface area (Å²) in [6.45, 7) is 2.60. The molecule has 0 spiro atoms. The third-order valence-corrected chi connectivity index (χ3v) is 8.35. The van der Waals surface area contributed by atoms with Crippen LogP contribution in [0.25, 0.3) is 0 Å². The molecular formula is C23H30N4O6S. The Morgan fingerprint density at radius 2 is 1.76 bits per heavy atom. The van der Waals surface area contributed by atoms with E-state index in [-0.39, 0.29) is 23.0 Å². The summed E-state index contributed by atoms with van der Waals surface area (Å²) in [7, 11) is 0.510. The first kappa shape index (κ1) is 24.1. The number of aryl methyl sites for hydroxylation is 1. The minimum absolute atomic E-state index is 0.0158. The van der Waals surface area contributed by atoms with Gasteiger partial charge in [-0.15, -0.1) is 0 Å². The molecule has 1 atom stereocenters. The Bertz CT molecular complexity index is 1170. The molecule has 2 aromatic rings. The van der Waals surface area contributed by atoms with Gasteiger partial charge in [0.15, 0.2) is 0 Å². The molecule has 2 aliphatic rings. The van der Waals surface area contributed by atoms with Crippen LogP contribution in [0.1, 0.15) is 23.3 Å². The molecule has 11 heteroatoms. The lowest BCUT2D eigenvalue weighted by Crippen LogP contribution is -2.54. The number of anilines is 1. The quantitative estimate of drug-likeness (QED) is 0.563. The molecule has 2 saturated heterocycles. The van der Waals surface area contributed by atoms with Crippen LogP contribution in [0.2, 0.25) is 0 Å². The third kappa shape index (κ3) is 4.49. The summed E-state index contributed by atoms with van der Waals surface area (Å²) in [5, 5.41) is 0. The first-order valence-corrected chi connectivity index (χ1v) is 12.6. The molecule has 0 bridgehead atoms. The minimum Gasteiger partial charge on any atom is -0.497 e. The van der Waals surface area contributed by atoms with Crippen LogP contribution in [0.5, 0.6) is 5.75 Å². The number of amides is 1. The second-order valence-corrected chi connectivity index (χ2v) is 10.3. The Morgan fingerprint density at radius 1 is 1.03 bits per heavy atom. The SMILES string of the molecule is COC(=O)c1cc(S(=O)(=O)N2CCC[C@H]2C(=O)N2CCN(c3cccc(OC)c3)CC2)cn1C. The van der Waals surface area contributed by atoms with Gasteiger partial charge in [0.1, 0.15) is 22.4 Å². The van der Waals surface area contributed by atoms with Crippen LogP contribution in [0.3, 0.4) is 0 Å². The van der Waals surface area contributed by atoms with Crippen LogP contribution in [0.15, 0.2) is 41.4 Å². The summed E-state index contributed by atoms with van der Waals surface area (Å²) in [4.78, 5) is 29.2. The Kier molecular flexibility index (Phi) is 6.85. The highest BCUT2D eigenvalue weighted by atomic mass is 32.2. The molecule has 4 rings (SSSR count). The van der Waals surface area contributed by atoms with Gasteiger partial charge in [-0.25, -0.2) is 13.2 Å². The smallest absolute Gasteiger partial charge is 0.354 e. The van der Waals surface area contributed by atoms with Gasteiger partial charge in [0.05, 0.1) is 14.2 Å². The average Bonchev–Trinajstić information content (AvgIpc) is 3.51. The van der Waals surface area contributed by atoms with E-state index in [9.17, 15) is 18.0 Å². The number of hydrogen-bond donors (Lipinski definition) is 0. The number of piperazine rings is 1. The van der Waals surface area contributed by atoms with Crippen molar-refractivity contribution in [2.45, 2.75) is 23.8 Å². The molecule has 0 unspecified atom stereocenters. The highest BCUT2D eigenvalue weighted by molar-refractivity contribution is 7.89. The van der Waals surface area contributed by atoms with Gasteiger partial charge in [-0.05, 0) is 31.0 Å². The first-order chi connectivity index (χ1) is 16.3. The third-order valence-electron chi connectivity index (χ3n) is 6.48. The lowest BCUT2D eigenvalue weighted by atomic mass is 10.1. The van der Waals surface area contributed by atoms with Crippen molar-refractivity contribution in [1.29, 1.82) is 0 Å². The molecule has 0 saturated carbocycles. The van der Waals surface area contributed by atoms with Crippen molar-refractivity contribution in [1.82, 2.24) is 13.8 Å². The summed E-state index contributed by atoms with van der Waals surface area (Å²) >= 11 is 0. The van der Waals surface area contributed by atoms with Gasteiger partial charge in [-0.3, -0.25) is 4.79 Å². The van der Waals surface area contributed by atoms with E-state index >= 15 is 0 Å². The summed E-state index contributed by atoms with van der Waals surface area (Å²) in [5.41, 5.74) is 1.17. The molecule has 0 radical (unpaired) electrons. The Morgan fingerprint density at radius 3 is 2.44 bits per heavy atom. The van der Waals surface area contributed by atoms with E-state index in [0.29, 0.717) is 39.0 Å². The summed E-state index contributed by atoms with van der Waals surface area (Å²) < 4.78 is 39.5. The van der Waals surface area contributed by atoms with E-state index in [2.05, 4.69) is 4.90 Å². The van der Waals surface area contributed by atoms with Crippen molar-refractivity contribution < 1.29 is 27.5 Å². The topological polar surface area (TPSA) is 101 Å². The Balaban J connectivity index is 1.46. The number of carbonyl (C=O) groups excluding carboxylic acids is 2. The summed E-state index contributed by atoms with van der Waals surface area (Å²) in [6, 6.07) is 8.35. The zero-order valence-corrected chi connectivity index (χ0v) is 20.5. The number of methoxy groups -OCH3 is 2. The maximum Gasteiger partial charge on any atom is 0.354 e. The molecule has 1 aromatic carbocycles. The molecule has 2 fully saturated rings. The van der Waals surface area contributed by atoms with Crippen LogP contribution >= 0.6 is 0 Å². The number of benzene rings is 1. The highest BCUT2D eigenvalue weighted by Crippen LogP contribution is 2.29. The molecule has 1 aromatic heterocycles.